The Balaban J connectivity index is 1.72. The Hall–Kier alpha value is -3.67. The van der Waals surface area contributed by atoms with Gasteiger partial charge in [0.15, 0.2) is 0 Å². The summed E-state index contributed by atoms with van der Waals surface area (Å²) in [7, 11) is 0. The van der Waals surface area contributed by atoms with E-state index in [9.17, 15) is 9.59 Å². The molecule has 32 heavy (non-hydrogen) atoms. The summed E-state index contributed by atoms with van der Waals surface area (Å²) < 4.78 is 1.96. The van der Waals surface area contributed by atoms with Crippen LogP contribution in [0, 0.1) is 27.7 Å². The highest BCUT2D eigenvalue weighted by molar-refractivity contribution is 6.03. The van der Waals surface area contributed by atoms with Gasteiger partial charge in [0.05, 0.1) is 12.2 Å². The Morgan fingerprint density at radius 1 is 1.00 bits per heavy atom. The number of nitrogens with one attached hydrogen (secondary N) is 2. The van der Waals surface area contributed by atoms with E-state index in [1.807, 2.05) is 37.6 Å². The van der Waals surface area contributed by atoms with Gasteiger partial charge in [-0.25, -0.2) is 0 Å². The summed E-state index contributed by atoms with van der Waals surface area (Å²) in [6, 6.07) is 13.9. The van der Waals surface area contributed by atoms with Crippen LogP contribution in [0.15, 0.2) is 48.5 Å². The molecule has 3 aromatic rings. The Morgan fingerprint density at radius 2 is 1.72 bits per heavy atom. The Morgan fingerprint density at radius 3 is 2.41 bits per heavy atom. The molecule has 1 heterocycles. The summed E-state index contributed by atoms with van der Waals surface area (Å²) >= 11 is 0. The Kier molecular flexibility index (Phi) is 7.25. The standard InChI is InChI=1S/C26H30N4O2/c1-6-25(31)27-22-12-9-18(3)24(15-22)28-26(32)14-13-23-19(4)29-30(20(23)5)16-21-10-7-17(2)8-11-21/h7-15H,6,16H2,1-5H3,(H,27,31)(H,28,32)/b14-13+. The topological polar surface area (TPSA) is 76.0 Å². The van der Waals surface area contributed by atoms with Crippen LogP contribution in [0.2, 0.25) is 0 Å². The van der Waals surface area contributed by atoms with E-state index < -0.39 is 0 Å². The second kappa shape index (κ2) is 10.1. The zero-order valence-corrected chi connectivity index (χ0v) is 19.3. The number of aryl methyl sites for hydroxylation is 3. The zero-order chi connectivity index (χ0) is 23.3. The molecule has 0 radical (unpaired) electrons. The normalized spacial score (nSPS) is 11.0. The van der Waals surface area contributed by atoms with E-state index in [2.05, 4.69) is 46.9 Å². The molecule has 2 amide bonds. The minimum atomic E-state index is -0.239. The van der Waals surface area contributed by atoms with Crippen LogP contribution in [-0.2, 0) is 16.1 Å². The van der Waals surface area contributed by atoms with Crippen molar-refractivity contribution < 1.29 is 9.59 Å². The summed E-state index contributed by atoms with van der Waals surface area (Å²) in [6.45, 7) is 10.4. The van der Waals surface area contributed by atoms with Gasteiger partial charge in [0.25, 0.3) is 0 Å². The number of aromatic nitrogens is 2. The molecule has 1 aromatic heterocycles. The van der Waals surface area contributed by atoms with Crippen molar-refractivity contribution in [2.45, 2.75) is 47.6 Å². The van der Waals surface area contributed by atoms with Gasteiger partial charge >= 0.3 is 0 Å². The van der Waals surface area contributed by atoms with Gasteiger partial charge in [-0.2, -0.15) is 5.10 Å². The lowest BCUT2D eigenvalue weighted by Gasteiger charge is -2.10. The van der Waals surface area contributed by atoms with E-state index >= 15 is 0 Å². The maximum atomic E-state index is 12.6. The van der Waals surface area contributed by atoms with Crippen molar-refractivity contribution in [3.05, 3.63) is 82.2 Å². The fourth-order valence-electron chi connectivity index (χ4n) is 3.39. The first-order valence-corrected chi connectivity index (χ1v) is 10.8. The minimum Gasteiger partial charge on any atom is -0.326 e. The van der Waals surface area contributed by atoms with E-state index in [0.29, 0.717) is 24.3 Å². The highest BCUT2D eigenvalue weighted by Gasteiger charge is 2.11. The lowest BCUT2D eigenvalue weighted by molar-refractivity contribution is -0.116. The van der Waals surface area contributed by atoms with E-state index in [1.54, 1.807) is 19.1 Å². The van der Waals surface area contributed by atoms with Crippen molar-refractivity contribution in [3.8, 4) is 0 Å². The molecule has 2 aromatic carbocycles. The highest BCUT2D eigenvalue weighted by atomic mass is 16.2. The number of benzene rings is 2. The van der Waals surface area contributed by atoms with Gasteiger partial charge in [0.2, 0.25) is 11.8 Å². The lowest BCUT2D eigenvalue weighted by Crippen LogP contribution is -2.12. The molecule has 0 bridgehead atoms. The maximum absolute atomic E-state index is 12.6. The predicted octanol–water partition coefficient (Wildman–Crippen LogP) is 5.17. The molecule has 0 aliphatic rings. The predicted molar refractivity (Wildman–Crippen MR) is 130 cm³/mol. The monoisotopic (exact) mass is 430 g/mol. The van der Waals surface area contributed by atoms with Gasteiger partial charge in [0, 0.05) is 35.1 Å². The molecule has 0 aliphatic heterocycles. The molecule has 6 nitrogen and oxygen atoms in total. The zero-order valence-electron chi connectivity index (χ0n) is 19.3. The number of nitrogens with zero attached hydrogens (tertiary/aromatic N) is 2. The van der Waals surface area contributed by atoms with E-state index in [0.717, 1.165) is 22.5 Å². The summed E-state index contributed by atoms with van der Waals surface area (Å²) in [5, 5.41) is 10.4. The van der Waals surface area contributed by atoms with Crippen LogP contribution in [0.4, 0.5) is 11.4 Å². The van der Waals surface area contributed by atoms with Crippen molar-refractivity contribution in [1.29, 1.82) is 0 Å². The minimum absolute atomic E-state index is 0.0698. The van der Waals surface area contributed by atoms with Gasteiger partial charge in [-0.1, -0.05) is 42.8 Å². The smallest absolute Gasteiger partial charge is 0.248 e. The fraction of sp³-hybridized carbons (Fsp3) is 0.269. The van der Waals surface area contributed by atoms with Crippen LogP contribution < -0.4 is 10.6 Å². The lowest BCUT2D eigenvalue weighted by atomic mass is 10.1. The molecule has 0 unspecified atom stereocenters. The summed E-state index contributed by atoms with van der Waals surface area (Å²) in [5.74, 6) is -0.309. The van der Waals surface area contributed by atoms with Crippen LogP contribution in [0.3, 0.4) is 0 Å². The number of amides is 2. The molecule has 0 spiro atoms. The van der Waals surface area contributed by atoms with Crippen LogP contribution in [0.1, 0.15) is 47.0 Å². The second-order valence-electron chi connectivity index (χ2n) is 7.98. The first kappa shape index (κ1) is 23.0. The molecule has 0 fully saturated rings. The first-order chi connectivity index (χ1) is 15.3. The number of anilines is 2. The maximum Gasteiger partial charge on any atom is 0.248 e. The summed E-state index contributed by atoms with van der Waals surface area (Å²) in [6.07, 6.45) is 3.72. The second-order valence-corrected chi connectivity index (χ2v) is 7.98. The quantitative estimate of drug-likeness (QED) is 0.508. The van der Waals surface area contributed by atoms with Crippen molar-refractivity contribution in [1.82, 2.24) is 9.78 Å². The van der Waals surface area contributed by atoms with Crippen LogP contribution in [-0.4, -0.2) is 21.6 Å². The number of hydrogen-bond donors (Lipinski definition) is 2. The van der Waals surface area contributed by atoms with Crippen LogP contribution in [0.25, 0.3) is 6.08 Å². The highest BCUT2D eigenvalue weighted by Crippen LogP contribution is 2.21. The van der Waals surface area contributed by atoms with E-state index in [4.69, 9.17) is 0 Å². The van der Waals surface area contributed by atoms with Crippen molar-refractivity contribution in [2.24, 2.45) is 0 Å². The third-order valence-electron chi connectivity index (χ3n) is 5.39. The third kappa shape index (κ3) is 5.72. The van der Waals surface area contributed by atoms with Crippen molar-refractivity contribution in [2.75, 3.05) is 10.6 Å². The summed E-state index contributed by atoms with van der Waals surface area (Å²) in [4.78, 5) is 24.2. The van der Waals surface area contributed by atoms with Gasteiger partial charge in [0.1, 0.15) is 0 Å². The average Bonchev–Trinajstić information content (AvgIpc) is 3.03. The van der Waals surface area contributed by atoms with E-state index in [1.165, 1.54) is 17.2 Å². The number of carbonyl (C=O) groups excluding carboxylic acids is 2. The number of hydrogen-bond acceptors (Lipinski definition) is 3. The number of rotatable bonds is 7. The third-order valence-corrected chi connectivity index (χ3v) is 5.39. The number of carbonyl (C=O) groups is 2. The van der Waals surface area contributed by atoms with Gasteiger partial charge < -0.3 is 10.6 Å². The molecule has 6 heteroatoms. The fourth-order valence-corrected chi connectivity index (χ4v) is 3.39. The van der Waals surface area contributed by atoms with Gasteiger partial charge in [-0.3, -0.25) is 14.3 Å². The Labute approximate surface area is 189 Å². The molecule has 0 aliphatic carbocycles. The largest absolute Gasteiger partial charge is 0.326 e. The van der Waals surface area contributed by atoms with Gasteiger partial charge in [-0.05, 0) is 57.0 Å². The molecule has 3 rings (SSSR count). The van der Waals surface area contributed by atoms with Crippen molar-refractivity contribution >= 4 is 29.3 Å². The Bertz CT molecular complexity index is 1160. The van der Waals surface area contributed by atoms with Gasteiger partial charge in [-0.15, -0.1) is 0 Å². The average molecular weight is 431 g/mol. The van der Waals surface area contributed by atoms with Crippen molar-refractivity contribution in [3.63, 3.8) is 0 Å². The molecule has 2 N–H and O–H groups in total. The molecular formula is C26H30N4O2. The van der Waals surface area contributed by atoms with Crippen LogP contribution in [0.5, 0.6) is 0 Å². The molecule has 0 saturated heterocycles. The summed E-state index contributed by atoms with van der Waals surface area (Å²) in [5.41, 5.74) is 7.47. The molecule has 0 saturated carbocycles. The first-order valence-electron chi connectivity index (χ1n) is 10.8. The van der Waals surface area contributed by atoms with E-state index in [-0.39, 0.29) is 11.8 Å². The molecular weight excluding hydrogens is 400 g/mol. The van der Waals surface area contributed by atoms with Crippen LogP contribution >= 0.6 is 0 Å². The SMILES string of the molecule is CCC(=O)Nc1ccc(C)c(NC(=O)/C=C/c2c(C)nn(Cc3ccc(C)cc3)c2C)c1. The molecule has 0 atom stereocenters. The molecule has 166 valence electrons.